The van der Waals surface area contributed by atoms with Crippen LogP contribution in [-0.2, 0) is 13.1 Å². The van der Waals surface area contributed by atoms with Crippen LogP contribution in [0.3, 0.4) is 0 Å². The number of nitrogens with one attached hydrogen (secondary N) is 2. The van der Waals surface area contributed by atoms with Crippen LogP contribution in [0.2, 0.25) is 0 Å². The molecular formula is C33H31N7O. The Kier molecular flexibility index (Phi) is 6.38. The van der Waals surface area contributed by atoms with Gasteiger partial charge in [-0.3, -0.25) is 15.6 Å². The third-order valence-electron chi connectivity index (χ3n) is 7.54. The Morgan fingerprint density at radius 2 is 1.29 bits per heavy atom. The lowest BCUT2D eigenvalue weighted by molar-refractivity contribution is 0.677. The molecule has 0 bridgehead atoms. The van der Waals surface area contributed by atoms with Crippen LogP contribution in [0.4, 0.5) is 0 Å². The summed E-state index contributed by atoms with van der Waals surface area (Å²) in [5.41, 5.74) is 15.9. The van der Waals surface area contributed by atoms with Gasteiger partial charge in [-0.25, -0.2) is 4.98 Å². The Balaban J connectivity index is 1.41. The van der Waals surface area contributed by atoms with Crippen LogP contribution in [-0.4, -0.2) is 25.8 Å². The second kappa shape index (κ2) is 10.1. The normalized spacial score (nSPS) is 11.6. The van der Waals surface area contributed by atoms with Crippen molar-refractivity contribution in [3.8, 4) is 0 Å². The molecule has 0 atom stereocenters. The molecule has 6 aromatic rings. The van der Waals surface area contributed by atoms with Gasteiger partial charge in [-0.15, -0.1) is 0 Å². The lowest BCUT2D eigenvalue weighted by Gasteiger charge is -2.13. The van der Waals surface area contributed by atoms with E-state index in [9.17, 15) is 4.79 Å². The van der Waals surface area contributed by atoms with Crippen molar-refractivity contribution >= 4 is 44.2 Å². The molecule has 8 heteroatoms. The minimum absolute atomic E-state index is 0.0268. The van der Waals surface area contributed by atoms with E-state index in [1.54, 1.807) is 4.57 Å². The van der Waals surface area contributed by atoms with Crippen molar-refractivity contribution in [1.82, 2.24) is 14.1 Å². The van der Waals surface area contributed by atoms with Crippen LogP contribution in [0, 0.1) is 10.8 Å². The molecule has 8 nitrogen and oxygen atoms in total. The fourth-order valence-corrected chi connectivity index (χ4v) is 5.42. The number of hydrogen-bond donors (Lipinski definition) is 4. The number of fused-ring (bicyclic) bond motifs is 3. The maximum Gasteiger partial charge on any atom is 0.277 e. The first-order valence-corrected chi connectivity index (χ1v) is 13.5. The molecule has 0 amide bonds. The molecule has 0 saturated heterocycles. The Morgan fingerprint density at radius 3 is 1.83 bits per heavy atom. The molecule has 2 heterocycles. The summed E-state index contributed by atoms with van der Waals surface area (Å²) in [5, 5.41) is 19.6. The highest BCUT2D eigenvalue weighted by Gasteiger charge is 2.18. The maximum absolute atomic E-state index is 13.9. The van der Waals surface area contributed by atoms with Gasteiger partial charge in [0.05, 0.1) is 12.1 Å². The monoisotopic (exact) mass is 541 g/mol. The van der Waals surface area contributed by atoms with Gasteiger partial charge in [-0.1, -0.05) is 62.4 Å². The van der Waals surface area contributed by atoms with E-state index in [1.807, 2.05) is 71.4 Å². The quantitative estimate of drug-likeness (QED) is 0.161. The minimum Gasteiger partial charge on any atom is -0.384 e. The van der Waals surface area contributed by atoms with Crippen molar-refractivity contribution in [2.45, 2.75) is 32.9 Å². The van der Waals surface area contributed by atoms with Crippen LogP contribution in [0.25, 0.3) is 32.6 Å². The Labute approximate surface area is 236 Å². The number of amidine groups is 2. The first kappa shape index (κ1) is 26.0. The number of nitrogens with zero attached hydrogens (tertiary/aromatic N) is 3. The van der Waals surface area contributed by atoms with Crippen molar-refractivity contribution in [1.29, 1.82) is 10.8 Å². The van der Waals surface area contributed by atoms with Gasteiger partial charge in [0.2, 0.25) is 0 Å². The minimum atomic E-state index is -0.0980. The van der Waals surface area contributed by atoms with E-state index in [1.165, 1.54) is 0 Å². The molecule has 0 saturated carbocycles. The molecule has 2 aromatic heterocycles. The molecule has 0 radical (unpaired) electrons. The molecule has 41 heavy (non-hydrogen) atoms. The third-order valence-corrected chi connectivity index (χ3v) is 7.54. The van der Waals surface area contributed by atoms with Crippen molar-refractivity contribution in [3.63, 3.8) is 0 Å². The van der Waals surface area contributed by atoms with Crippen molar-refractivity contribution in [2.75, 3.05) is 0 Å². The molecule has 6 rings (SSSR count). The summed E-state index contributed by atoms with van der Waals surface area (Å²) in [4.78, 5) is 18.8. The summed E-state index contributed by atoms with van der Waals surface area (Å²) in [6, 6.07) is 25.6. The van der Waals surface area contributed by atoms with Gasteiger partial charge in [0.25, 0.3) is 5.56 Å². The zero-order chi connectivity index (χ0) is 28.8. The second-order valence-corrected chi connectivity index (χ2v) is 10.8. The highest BCUT2D eigenvalue weighted by Crippen LogP contribution is 2.24. The predicted octanol–water partition coefficient (Wildman–Crippen LogP) is 5.29. The van der Waals surface area contributed by atoms with E-state index in [4.69, 9.17) is 27.3 Å². The predicted molar refractivity (Wildman–Crippen MR) is 166 cm³/mol. The van der Waals surface area contributed by atoms with Crippen LogP contribution in [0.15, 0.2) is 89.9 Å². The lowest BCUT2D eigenvalue weighted by atomic mass is 10.0. The Morgan fingerprint density at radius 1 is 0.756 bits per heavy atom. The summed E-state index contributed by atoms with van der Waals surface area (Å²) in [6.45, 7) is 5.06. The van der Waals surface area contributed by atoms with E-state index >= 15 is 0 Å². The summed E-state index contributed by atoms with van der Waals surface area (Å²) in [5.74, 6) is 1.04. The van der Waals surface area contributed by atoms with E-state index in [2.05, 4.69) is 32.0 Å². The molecule has 0 aliphatic rings. The highest BCUT2D eigenvalue weighted by molar-refractivity contribution is 6.00. The number of benzene rings is 4. The summed E-state index contributed by atoms with van der Waals surface area (Å²) >= 11 is 0. The molecule has 0 spiro atoms. The molecule has 0 unspecified atom stereocenters. The van der Waals surface area contributed by atoms with E-state index in [0.29, 0.717) is 35.2 Å². The number of hydrogen-bond acceptors (Lipinski definition) is 4. The van der Waals surface area contributed by atoms with Gasteiger partial charge in [-0.05, 0) is 63.0 Å². The van der Waals surface area contributed by atoms with Gasteiger partial charge in [0.1, 0.15) is 23.0 Å². The number of nitrogen functional groups attached to an aromatic ring is 2. The number of nitrogens with two attached hydrogens (primary N) is 2. The first-order chi connectivity index (χ1) is 19.7. The maximum atomic E-state index is 13.9. The molecule has 0 fully saturated rings. The van der Waals surface area contributed by atoms with Gasteiger partial charge in [0, 0.05) is 29.8 Å². The molecule has 6 N–H and O–H groups in total. The number of pyridine rings is 1. The fourth-order valence-electron chi connectivity index (χ4n) is 5.42. The van der Waals surface area contributed by atoms with Crippen molar-refractivity contribution < 1.29 is 0 Å². The van der Waals surface area contributed by atoms with Gasteiger partial charge < -0.3 is 20.6 Å². The smallest absolute Gasteiger partial charge is 0.277 e. The van der Waals surface area contributed by atoms with Gasteiger partial charge in [0.15, 0.2) is 0 Å². The Hall–Kier alpha value is -5.24. The fraction of sp³-hybridized carbons (Fsp3) is 0.152. The largest absolute Gasteiger partial charge is 0.384 e. The zero-order valence-corrected chi connectivity index (χ0v) is 23.0. The number of aromatic nitrogens is 3. The van der Waals surface area contributed by atoms with Crippen LogP contribution in [0.1, 0.15) is 47.8 Å². The zero-order valence-electron chi connectivity index (χ0n) is 23.0. The lowest BCUT2D eigenvalue weighted by Crippen LogP contribution is -2.23. The molecule has 204 valence electrons. The SMILES string of the molecule is CC(C)c1nc2ccn(Cc3ccc4ccc(C(=N)N)cc4c3)c(=O)c2n1Cc1ccc2ccc(C(=N)N)cc2c1. The van der Waals surface area contributed by atoms with Crippen molar-refractivity contribution in [2.24, 2.45) is 11.5 Å². The molecular weight excluding hydrogens is 510 g/mol. The van der Waals surface area contributed by atoms with Crippen LogP contribution >= 0.6 is 0 Å². The van der Waals surface area contributed by atoms with Crippen LogP contribution < -0.4 is 17.0 Å². The Bertz CT molecular complexity index is 2070. The summed E-state index contributed by atoms with van der Waals surface area (Å²) in [6.07, 6.45) is 1.81. The first-order valence-electron chi connectivity index (χ1n) is 13.5. The van der Waals surface area contributed by atoms with Gasteiger partial charge in [-0.2, -0.15) is 0 Å². The van der Waals surface area contributed by atoms with E-state index in [-0.39, 0.29) is 23.1 Å². The topological polar surface area (TPSA) is 140 Å². The molecule has 4 aromatic carbocycles. The van der Waals surface area contributed by atoms with Crippen molar-refractivity contribution in [3.05, 3.63) is 123 Å². The number of rotatable bonds is 7. The van der Waals surface area contributed by atoms with Crippen LogP contribution in [0.5, 0.6) is 0 Å². The highest BCUT2D eigenvalue weighted by atomic mass is 16.1. The second-order valence-electron chi connectivity index (χ2n) is 10.8. The molecule has 0 aliphatic carbocycles. The average Bonchev–Trinajstić information content (AvgIpc) is 3.32. The van der Waals surface area contributed by atoms with E-state index < -0.39 is 0 Å². The van der Waals surface area contributed by atoms with E-state index in [0.717, 1.165) is 38.5 Å². The average molecular weight is 542 g/mol. The summed E-state index contributed by atoms with van der Waals surface area (Å²) < 4.78 is 3.76. The standard InChI is InChI=1S/C33H31N7O/c1-19(2)32-38-28-11-12-39(17-20-3-5-22-7-9-24(30(34)35)15-26(22)13-20)33(41)29(28)40(32)18-21-4-6-23-8-10-25(31(36)37)16-27(23)14-21/h3-16,19H,17-18H2,1-2H3,(H3,34,35)(H3,36,37). The van der Waals surface area contributed by atoms with Gasteiger partial charge >= 0.3 is 0 Å². The number of imidazole rings is 1. The molecule has 0 aliphatic heterocycles. The summed E-state index contributed by atoms with van der Waals surface area (Å²) in [7, 11) is 0. The third kappa shape index (κ3) is 4.84.